The van der Waals surface area contributed by atoms with Crippen LogP contribution in [0.15, 0.2) is 24.5 Å². The molecule has 1 saturated carbocycles. The van der Waals surface area contributed by atoms with Gasteiger partial charge in [-0.2, -0.15) is 0 Å². The lowest BCUT2D eigenvalue weighted by Gasteiger charge is -2.11. The van der Waals surface area contributed by atoms with Gasteiger partial charge in [-0.3, -0.25) is 4.98 Å². The zero-order chi connectivity index (χ0) is 11.8. The monoisotopic (exact) mass is 233 g/mol. The van der Waals surface area contributed by atoms with E-state index in [4.69, 9.17) is 0 Å². The van der Waals surface area contributed by atoms with E-state index < -0.39 is 0 Å². The molecule has 1 aliphatic rings. The topological polar surface area (TPSA) is 37.0 Å². The number of aromatic nitrogens is 1. The van der Waals surface area contributed by atoms with Gasteiger partial charge in [-0.1, -0.05) is 18.9 Å². The van der Waals surface area contributed by atoms with E-state index in [1.165, 1.54) is 37.7 Å². The minimum absolute atomic E-state index is 0.799. The minimum Gasteiger partial charge on any atom is -0.314 e. The first-order valence-electron chi connectivity index (χ1n) is 6.78. The normalized spacial score (nSPS) is 16.5. The summed E-state index contributed by atoms with van der Waals surface area (Å²) >= 11 is 0. The summed E-state index contributed by atoms with van der Waals surface area (Å²) in [7, 11) is 0. The summed E-state index contributed by atoms with van der Waals surface area (Å²) in [4.78, 5) is 4.10. The van der Waals surface area contributed by atoms with E-state index >= 15 is 0 Å². The Kier molecular flexibility index (Phi) is 5.46. The summed E-state index contributed by atoms with van der Waals surface area (Å²) in [6.45, 7) is 3.15. The number of pyridine rings is 1. The molecule has 94 valence electrons. The van der Waals surface area contributed by atoms with Gasteiger partial charge >= 0.3 is 0 Å². The van der Waals surface area contributed by atoms with E-state index in [2.05, 4.69) is 21.7 Å². The summed E-state index contributed by atoms with van der Waals surface area (Å²) < 4.78 is 0. The van der Waals surface area contributed by atoms with E-state index in [1.807, 2.05) is 18.5 Å². The van der Waals surface area contributed by atoms with E-state index in [-0.39, 0.29) is 0 Å². The molecule has 0 amide bonds. The maximum Gasteiger partial charge on any atom is 0.0312 e. The SMILES string of the molecule is c1cncc(CNCCCNC2CCCC2)c1. The van der Waals surface area contributed by atoms with Crippen molar-refractivity contribution in [3.63, 3.8) is 0 Å². The average molecular weight is 233 g/mol. The smallest absolute Gasteiger partial charge is 0.0312 e. The first kappa shape index (κ1) is 12.5. The van der Waals surface area contributed by atoms with E-state index in [9.17, 15) is 0 Å². The van der Waals surface area contributed by atoms with Gasteiger partial charge in [-0.15, -0.1) is 0 Å². The number of hydrogen-bond donors (Lipinski definition) is 2. The molecule has 0 unspecified atom stereocenters. The zero-order valence-corrected chi connectivity index (χ0v) is 10.5. The number of rotatable bonds is 7. The molecule has 1 fully saturated rings. The lowest BCUT2D eigenvalue weighted by molar-refractivity contribution is 0.504. The molecule has 1 aromatic heterocycles. The predicted octanol–water partition coefficient (Wildman–Crippen LogP) is 2.09. The first-order valence-corrected chi connectivity index (χ1v) is 6.78. The zero-order valence-electron chi connectivity index (χ0n) is 10.5. The highest BCUT2D eigenvalue weighted by atomic mass is 14.9. The van der Waals surface area contributed by atoms with Gasteiger partial charge in [0.15, 0.2) is 0 Å². The highest BCUT2D eigenvalue weighted by molar-refractivity contribution is 5.07. The Hall–Kier alpha value is -0.930. The molecule has 1 aromatic rings. The van der Waals surface area contributed by atoms with Crippen molar-refractivity contribution in [1.29, 1.82) is 0 Å². The van der Waals surface area contributed by atoms with Crippen molar-refractivity contribution in [3.8, 4) is 0 Å². The number of nitrogens with one attached hydrogen (secondary N) is 2. The van der Waals surface area contributed by atoms with Crippen LogP contribution in [0.25, 0.3) is 0 Å². The summed E-state index contributed by atoms with van der Waals surface area (Å²) in [5.41, 5.74) is 1.26. The fraction of sp³-hybridized carbons (Fsp3) is 0.643. The third kappa shape index (κ3) is 4.84. The molecular formula is C14H23N3. The largest absolute Gasteiger partial charge is 0.314 e. The van der Waals surface area contributed by atoms with Gasteiger partial charge in [0.25, 0.3) is 0 Å². The van der Waals surface area contributed by atoms with Crippen molar-refractivity contribution in [2.45, 2.75) is 44.7 Å². The van der Waals surface area contributed by atoms with Crippen molar-refractivity contribution >= 4 is 0 Å². The summed E-state index contributed by atoms with van der Waals surface area (Å²) in [6.07, 6.45) is 10.5. The average Bonchev–Trinajstić information content (AvgIpc) is 2.88. The fourth-order valence-electron chi connectivity index (χ4n) is 2.38. The van der Waals surface area contributed by atoms with Gasteiger partial charge in [-0.25, -0.2) is 0 Å². The highest BCUT2D eigenvalue weighted by Gasteiger charge is 2.12. The molecule has 17 heavy (non-hydrogen) atoms. The van der Waals surface area contributed by atoms with Crippen LogP contribution in [0, 0.1) is 0 Å². The summed E-state index contributed by atoms with van der Waals surface area (Å²) in [6, 6.07) is 4.89. The molecule has 0 aromatic carbocycles. The van der Waals surface area contributed by atoms with Gasteiger partial charge in [0.1, 0.15) is 0 Å². The number of nitrogens with zero attached hydrogens (tertiary/aromatic N) is 1. The van der Waals surface area contributed by atoms with Crippen molar-refractivity contribution in [3.05, 3.63) is 30.1 Å². The quantitative estimate of drug-likeness (QED) is 0.708. The van der Waals surface area contributed by atoms with E-state index in [1.54, 1.807) is 0 Å². The lowest BCUT2D eigenvalue weighted by atomic mass is 10.2. The van der Waals surface area contributed by atoms with Crippen molar-refractivity contribution in [1.82, 2.24) is 15.6 Å². The van der Waals surface area contributed by atoms with Gasteiger partial charge < -0.3 is 10.6 Å². The van der Waals surface area contributed by atoms with Crippen LogP contribution < -0.4 is 10.6 Å². The van der Waals surface area contributed by atoms with Crippen molar-refractivity contribution in [2.24, 2.45) is 0 Å². The Morgan fingerprint density at radius 1 is 1.24 bits per heavy atom. The molecule has 1 aliphatic carbocycles. The Bertz CT molecular complexity index is 294. The maximum absolute atomic E-state index is 4.10. The standard InChI is InChI=1S/C14H23N3/c1-2-7-14(6-1)17-10-4-9-16-12-13-5-3-8-15-11-13/h3,5,8,11,14,16-17H,1-2,4,6-7,9-10,12H2. The molecule has 3 heteroatoms. The minimum atomic E-state index is 0.799. The van der Waals surface area contributed by atoms with Crippen LogP contribution in [0.5, 0.6) is 0 Å². The maximum atomic E-state index is 4.10. The molecule has 0 saturated heterocycles. The molecule has 0 aliphatic heterocycles. The molecule has 2 rings (SSSR count). The molecule has 2 N–H and O–H groups in total. The van der Waals surface area contributed by atoms with Crippen LogP contribution in [0.4, 0.5) is 0 Å². The Morgan fingerprint density at radius 3 is 2.88 bits per heavy atom. The molecule has 0 radical (unpaired) electrons. The van der Waals surface area contributed by atoms with Gasteiger partial charge in [0.2, 0.25) is 0 Å². The third-order valence-corrected chi connectivity index (χ3v) is 3.37. The van der Waals surface area contributed by atoms with Crippen molar-refractivity contribution < 1.29 is 0 Å². The second-order valence-electron chi connectivity index (χ2n) is 4.83. The Labute approximate surface area is 104 Å². The van der Waals surface area contributed by atoms with E-state index in [0.29, 0.717) is 0 Å². The second-order valence-corrected chi connectivity index (χ2v) is 4.83. The van der Waals surface area contributed by atoms with E-state index in [0.717, 1.165) is 25.7 Å². The fourth-order valence-corrected chi connectivity index (χ4v) is 2.38. The van der Waals surface area contributed by atoms with Crippen molar-refractivity contribution in [2.75, 3.05) is 13.1 Å². The molecule has 3 nitrogen and oxygen atoms in total. The van der Waals surface area contributed by atoms with Crippen LogP contribution in [0.3, 0.4) is 0 Å². The number of hydrogen-bond acceptors (Lipinski definition) is 3. The van der Waals surface area contributed by atoms with Gasteiger partial charge in [-0.05, 0) is 44.0 Å². The van der Waals surface area contributed by atoms with Gasteiger partial charge in [0.05, 0.1) is 0 Å². The van der Waals surface area contributed by atoms with Crippen LogP contribution in [-0.4, -0.2) is 24.1 Å². The molecule has 0 bridgehead atoms. The van der Waals surface area contributed by atoms with Crippen LogP contribution in [0.1, 0.15) is 37.7 Å². The summed E-state index contributed by atoms with van der Waals surface area (Å²) in [5.74, 6) is 0. The van der Waals surface area contributed by atoms with Gasteiger partial charge in [0, 0.05) is 25.0 Å². The highest BCUT2D eigenvalue weighted by Crippen LogP contribution is 2.17. The first-order chi connectivity index (χ1) is 8.45. The lowest BCUT2D eigenvalue weighted by Crippen LogP contribution is -2.29. The van der Waals surface area contributed by atoms with Crippen LogP contribution in [0.2, 0.25) is 0 Å². The molecule has 0 spiro atoms. The molecule has 0 atom stereocenters. The Balaban J connectivity index is 1.46. The summed E-state index contributed by atoms with van der Waals surface area (Å²) in [5, 5.41) is 7.07. The predicted molar refractivity (Wildman–Crippen MR) is 70.8 cm³/mol. The third-order valence-electron chi connectivity index (χ3n) is 3.37. The van der Waals surface area contributed by atoms with Crippen LogP contribution in [-0.2, 0) is 6.54 Å². The second kappa shape index (κ2) is 7.41. The molecule has 1 heterocycles. The van der Waals surface area contributed by atoms with Crippen LogP contribution >= 0.6 is 0 Å². The Morgan fingerprint density at radius 2 is 2.12 bits per heavy atom. The molecular weight excluding hydrogens is 210 g/mol.